The maximum Gasteiger partial charge on any atom is 0.220 e. The van der Waals surface area contributed by atoms with Crippen molar-refractivity contribution in [1.82, 2.24) is 5.32 Å². The van der Waals surface area contributed by atoms with Crippen molar-refractivity contribution >= 4 is 5.91 Å². The molecule has 112 valence electrons. The summed E-state index contributed by atoms with van der Waals surface area (Å²) in [5.41, 5.74) is 7.19. The number of nitrogens with two attached hydrogens (primary N) is 1. The van der Waals surface area contributed by atoms with Gasteiger partial charge in [-0.25, -0.2) is 0 Å². The highest BCUT2D eigenvalue weighted by molar-refractivity contribution is 5.76. The standard InChI is InChI=1S/C17H28N2O/c1-4-13(2)12-14(3)19-17(20)11-10-16(18)15-8-6-5-7-9-15/h5-9,13-14,16H,4,10-12,18H2,1-3H3,(H,19,20). The molecule has 3 atom stereocenters. The van der Waals surface area contributed by atoms with Crippen LogP contribution < -0.4 is 11.1 Å². The minimum atomic E-state index is -0.0631. The summed E-state index contributed by atoms with van der Waals surface area (Å²) >= 11 is 0. The van der Waals surface area contributed by atoms with Gasteiger partial charge in [0.15, 0.2) is 0 Å². The van der Waals surface area contributed by atoms with E-state index in [0.717, 1.165) is 18.4 Å². The molecule has 3 unspecified atom stereocenters. The third-order valence-corrected chi connectivity index (χ3v) is 3.77. The van der Waals surface area contributed by atoms with Crippen LogP contribution in [0.15, 0.2) is 30.3 Å². The van der Waals surface area contributed by atoms with Gasteiger partial charge >= 0.3 is 0 Å². The smallest absolute Gasteiger partial charge is 0.220 e. The van der Waals surface area contributed by atoms with Crippen LogP contribution in [0.5, 0.6) is 0 Å². The molecule has 0 aromatic heterocycles. The number of benzene rings is 1. The molecule has 0 bridgehead atoms. The van der Waals surface area contributed by atoms with E-state index in [4.69, 9.17) is 5.73 Å². The van der Waals surface area contributed by atoms with Gasteiger partial charge in [0.2, 0.25) is 5.91 Å². The van der Waals surface area contributed by atoms with E-state index >= 15 is 0 Å². The van der Waals surface area contributed by atoms with Gasteiger partial charge in [-0.05, 0) is 31.2 Å². The third kappa shape index (κ3) is 6.20. The van der Waals surface area contributed by atoms with Gasteiger partial charge in [0, 0.05) is 18.5 Å². The molecule has 0 heterocycles. The van der Waals surface area contributed by atoms with Crippen LogP contribution in [-0.2, 0) is 4.79 Å². The summed E-state index contributed by atoms with van der Waals surface area (Å²) in [6.45, 7) is 6.47. The zero-order valence-electron chi connectivity index (χ0n) is 12.9. The fraction of sp³-hybridized carbons (Fsp3) is 0.588. The maximum atomic E-state index is 11.9. The minimum Gasteiger partial charge on any atom is -0.354 e. The summed E-state index contributed by atoms with van der Waals surface area (Å²) in [6, 6.07) is 10.1. The Morgan fingerprint density at radius 3 is 2.50 bits per heavy atom. The van der Waals surface area contributed by atoms with Gasteiger partial charge in [-0.15, -0.1) is 0 Å². The van der Waals surface area contributed by atoms with Crippen LogP contribution in [0.25, 0.3) is 0 Å². The van der Waals surface area contributed by atoms with E-state index in [-0.39, 0.29) is 18.0 Å². The normalized spacial score (nSPS) is 15.4. The highest BCUT2D eigenvalue weighted by Gasteiger charge is 2.12. The molecule has 3 nitrogen and oxygen atoms in total. The summed E-state index contributed by atoms with van der Waals surface area (Å²) in [5, 5.41) is 3.06. The Hall–Kier alpha value is -1.35. The highest BCUT2D eigenvalue weighted by atomic mass is 16.1. The lowest BCUT2D eigenvalue weighted by atomic mass is 10.00. The quantitative estimate of drug-likeness (QED) is 0.764. The monoisotopic (exact) mass is 276 g/mol. The van der Waals surface area contributed by atoms with Crippen molar-refractivity contribution in [1.29, 1.82) is 0 Å². The number of amides is 1. The first-order valence-corrected chi connectivity index (χ1v) is 7.62. The summed E-state index contributed by atoms with van der Waals surface area (Å²) in [5.74, 6) is 0.754. The van der Waals surface area contributed by atoms with Gasteiger partial charge in [-0.3, -0.25) is 4.79 Å². The first-order valence-electron chi connectivity index (χ1n) is 7.62. The molecule has 3 N–H and O–H groups in total. The molecule has 0 spiro atoms. The first kappa shape index (κ1) is 16.7. The number of rotatable bonds is 8. The number of carbonyl (C=O) groups excluding carboxylic acids is 1. The van der Waals surface area contributed by atoms with Crippen LogP contribution in [-0.4, -0.2) is 11.9 Å². The highest BCUT2D eigenvalue weighted by Crippen LogP contribution is 2.15. The maximum absolute atomic E-state index is 11.9. The summed E-state index contributed by atoms with van der Waals surface area (Å²) in [7, 11) is 0. The second kappa shape index (κ2) is 8.75. The molecule has 3 heteroatoms. The largest absolute Gasteiger partial charge is 0.354 e. The van der Waals surface area contributed by atoms with Crippen molar-refractivity contribution in [3.63, 3.8) is 0 Å². The van der Waals surface area contributed by atoms with Crippen molar-refractivity contribution in [2.75, 3.05) is 0 Å². The summed E-state index contributed by atoms with van der Waals surface area (Å²) in [6.07, 6.45) is 3.36. The van der Waals surface area contributed by atoms with Gasteiger partial charge in [0.05, 0.1) is 0 Å². The van der Waals surface area contributed by atoms with E-state index < -0.39 is 0 Å². The van der Waals surface area contributed by atoms with Crippen molar-refractivity contribution < 1.29 is 4.79 Å². The Balaban J connectivity index is 2.29. The Labute approximate surface area is 122 Å². The predicted octanol–water partition coefficient (Wildman–Crippen LogP) is 3.41. The number of carbonyl (C=O) groups is 1. The Morgan fingerprint density at radius 2 is 1.90 bits per heavy atom. The molecule has 20 heavy (non-hydrogen) atoms. The van der Waals surface area contributed by atoms with E-state index in [2.05, 4.69) is 26.1 Å². The van der Waals surface area contributed by atoms with E-state index in [9.17, 15) is 4.79 Å². The van der Waals surface area contributed by atoms with Gasteiger partial charge < -0.3 is 11.1 Å². The molecular weight excluding hydrogens is 248 g/mol. The van der Waals surface area contributed by atoms with Crippen molar-refractivity contribution in [3.05, 3.63) is 35.9 Å². The SMILES string of the molecule is CCC(C)CC(C)NC(=O)CCC(N)c1ccccc1. The lowest BCUT2D eigenvalue weighted by Crippen LogP contribution is -2.34. The molecule has 1 aromatic carbocycles. The van der Waals surface area contributed by atoms with Gasteiger partial charge in [-0.2, -0.15) is 0 Å². The molecule has 0 fully saturated rings. The van der Waals surface area contributed by atoms with Crippen LogP contribution in [0.2, 0.25) is 0 Å². The molecule has 0 aliphatic carbocycles. The zero-order chi connectivity index (χ0) is 15.0. The molecular formula is C17H28N2O. The van der Waals surface area contributed by atoms with Crippen LogP contribution in [0.1, 0.15) is 58.1 Å². The Morgan fingerprint density at radius 1 is 1.25 bits per heavy atom. The summed E-state index contributed by atoms with van der Waals surface area (Å²) < 4.78 is 0. The molecule has 0 aliphatic heterocycles. The van der Waals surface area contributed by atoms with Crippen molar-refractivity contribution in [3.8, 4) is 0 Å². The second-order valence-electron chi connectivity index (χ2n) is 5.77. The lowest BCUT2D eigenvalue weighted by molar-refractivity contribution is -0.121. The van der Waals surface area contributed by atoms with E-state index in [1.807, 2.05) is 30.3 Å². The predicted molar refractivity (Wildman–Crippen MR) is 84.3 cm³/mol. The van der Waals surface area contributed by atoms with Crippen LogP contribution in [0.3, 0.4) is 0 Å². The topological polar surface area (TPSA) is 55.1 Å². The van der Waals surface area contributed by atoms with E-state index in [1.165, 1.54) is 0 Å². The molecule has 1 rings (SSSR count). The minimum absolute atomic E-state index is 0.0631. The zero-order valence-corrected chi connectivity index (χ0v) is 12.9. The molecule has 1 aromatic rings. The molecule has 0 saturated heterocycles. The van der Waals surface area contributed by atoms with Crippen LogP contribution in [0, 0.1) is 5.92 Å². The number of hydrogen-bond donors (Lipinski definition) is 2. The Bertz CT molecular complexity index is 391. The van der Waals surface area contributed by atoms with Crippen molar-refractivity contribution in [2.45, 2.75) is 58.5 Å². The second-order valence-corrected chi connectivity index (χ2v) is 5.77. The lowest BCUT2D eigenvalue weighted by Gasteiger charge is -2.18. The average Bonchev–Trinajstić information content (AvgIpc) is 2.45. The van der Waals surface area contributed by atoms with Crippen LogP contribution in [0.4, 0.5) is 0 Å². The molecule has 1 amide bonds. The fourth-order valence-corrected chi connectivity index (χ4v) is 2.33. The van der Waals surface area contributed by atoms with E-state index in [0.29, 0.717) is 18.8 Å². The number of nitrogens with one attached hydrogen (secondary N) is 1. The molecule has 0 radical (unpaired) electrons. The molecule has 0 aliphatic rings. The van der Waals surface area contributed by atoms with Gasteiger partial charge in [-0.1, -0.05) is 50.6 Å². The van der Waals surface area contributed by atoms with E-state index in [1.54, 1.807) is 0 Å². The number of hydrogen-bond acceptors (Lipinski definition) is 2. The average molecular weight is 276 g/mol. The van der Waals surface area contributed by atoms with Crippen molar-refractivity contribution in [2.24, 2.45) is 11.7 Å². The molecule has 0 saturated carbocycles. The third-order valence-electron chi connectivity index (χ3n) is 3.77. The first-order chi connectivity index (χ1) is 9.52. The summed E-state index contributed by atoms with van der Waals surface area (Å²) in [4.78, 5) is 11.9. The van der Waals surface area contributed by atoms with Gasteiger partial charge in [0.1, 0.15) is 0 Å². The van der Waals surface area contributed by atoms with Crippen LogP contribution >= 0.6 is 0 Å². The fourth-order valence-electron chi connectivity index (χ4n) is 2.33. The van der Waals surface area contributed by atoms with Gasteiger partial charge in [0.25, 0.3) is 0 Å². The Kier molecular flexibility index (Phi) is 7.31.